The Labute approximate surface area is 280 Å². The minimum atomic E-state index is -4.33. The summed E-state index contributed by atoms with van der Waals surface area (Å²) >= 11 is -0.826. The van der Waals surface area contributed by atoms with Gasteiger partial charge in [0.25, 0.3) is 0 Å². The summed E-state index contributed by atoms with van der Waals surface area (Å²) in [5, 5.41) is 3.65. The summed E-state index contributed by atoms with van der Waals surface area (Å²) in [6.45, 7) is 10.6. The summed E-state index contributed by atoms with van der Waals surface area (Å²) in [5.41, 5.74) is 6.09. The molecule has 2 radical (unpaired) electrons. The van der Waals surface area contributed by atoms with Gasteiger partial charge in [-0.3, -0.25) is 0 Å². The van der Waals surface area contributed by atoms with Gasteiger partial charge in [-0.1, -0.05) is 124 Å². The van der Waals surface area contributed by atoms with E-state index in [1.165, 1.54) is 33.5 Å². The van der Waals surface area contributed by atoms with Crippen LogP contribution in [0.15, 0.2) is 115 Å². The number of fused-ring (bicyclic) bond motifs is 2. The molecule has 226 valence electrons. The maximum atomic E-state index is 13.1. The molecule has 0 saturated heterocycles. The molecule has 44 heavy (non-hydrogen) atoms. The molecule has 0 nitrogen and oxygen atoms in total. The van der Waals surface area contributed by atoms with E-state index in [-0.39, 0.29) is 5.39 Å². The summed E-state index contributed by atoms with van der Waals surface area (Å²) in [6, 6.07) is 37.4. The molecule has 0 fully saturated rings. The molecule has 0 aromatic heterocycles. The molecule has 0 amide bonds. The Hall–Kier alpha value is -2.43. The third kappa shape index (κ3) is 9.54. The third-order valence-electron chi connectivity index (χ3n) is 6.95. The Balaban J connectivity index is 0.000000205. The molecule has 7 heteroatoms. The zero-order valence-electron chi connectivity index (χ0n) is 25.4. The van der Waals surface area contributed by atoms with Crippen molar-refractivity contribution < 1.29 is 34.0 Å². The van der Waals surface area contributed by atoms with Crippen LogP contribution in [0.25, 0.3) is 43.8 Å². The normalized spacial score (nSPS) is 10.7. The minimum absolute atomic E-state index is 0.274. The van der Waals surface area contributed by atoms with E-state index in [4.69, 9.17) is 17.0 Å². The molecule has 0 aliphatic carbocycles. The first-order chi connectivity index (χ1) is 21.0. The molecule has 0 aliphatic heterocycles. The molecule has 0 unspecified atom stereocenters. The predicted molar refractivity (Wildman–Crippen MR) is 183 cm³/mol. The van der Waals surface area contributed by atoms with Crippen molar-refractivity contribution in [2.45, 2.75) is 46.0 Å². The van der Waals surface area contributed by atoms with Gasteiger partial charge in [-0.05, 0) is 22.6 Å². The fourth-order valence-electron chi connectivity index (χ4n) is 5.02. The van der Waals surface area contributed by atoms with Crippen LogP contribution in [0, 0.1) is 6.92 Å². The fourth-order valence-corrected chi connectivity index (χ4v) is 5.02. The van der Waals surface area contributed by atoms with Crippen molar-refractivity contribution in [1.82, 2.24) is 0 Å². The van der Waals surface area contributed by atoms with Crippen LogP contribution < -0.4 is 0 Å². The quantitative estimate of drug-likeness (QED) is 0.126. The van der Waals surface area contributed by atoms with Crippen LogP contribution in [0.3, 0.4) is 0 Å². The van der Waals surface area contributed by atoms with Gasteiger partial charge in [0.15, 0.2) is 0 Å². The Bertz CT molecular complexity index is 1720. The molecule has 0 atom stereocenters. The second kappa shape index (κ2) is 17.3. The van der Waals surface area contributed by atoms with E-state index in [2.05, 4.69) is 87.6 Å². The number of hydrogen-bond donors (Lipinski definition) is 0. The maximum absolute atomic E-state index is 13.1. The summed E-state index contributed by atoms with van der Waals surface area (Å²) in [4.78, 5) is 0. The second-order valence-corrected chi connectivity index (χ2v) is 15.3. The molecule has 0 bridgehead atoms. The SMILES string of the molecule is CC(C)c1cc2c(-c3ccccc3)cccc2[cH-]1.C[Si]C.Cc1cc2c(-c3ccccc3)ccc(C(F)(F)F)c2[cH-]1.[Cl][Zr+2][Cl]. The molecule has 6 aromatic carbocycles. The summed E-state index contributed by atoms with van der Waals surface area (Å²) in [6.07, 6.45) is -4.33. The zero-order chi connectivity index (χ0) is 32.3. The summed E-state index contributed by atoms with van der Waals surface area (Å²) in [5.74, 6) is 0.584. The van der Waals surface area contributed by atoms with Crippen LogP contribution in [0.1, 0.15) is 36.5 Å². The van der Waals surface area contributed by atoms with E-state index in [1.807, 2.05) is 43.3 Å². The van der Waals surface area contributed by atoms with Gasteiger partial charge < -0.3 is 0 Å². The molecule has 0 aliphatic rings. The molecule has 0 spiro atoms. The van der Waals surface area contributed by atoms with E-state index in [1.54, 1.807) is 12.1 Å². The van der Waals surface area contributed by atoms with Crippen molar-refractivity contribution >= 4 is 48.1 Å². The van der Waals surface area contributed by atoms with Gasteiger partial charge in [0, 0.05) is 9.52 Å². The van der Waals surface area contributed by atoms with Gasteiger partial charge in [-0.25, -0.2) is 0 Å². The van der Waals surface area contributed by atoms with Crippen LogP contribution in [0.2, 0.25) is 13.1 Å². The standard InChI is InChI=1S/C18H17.C17H12F3.C2H6Si.2ClH.Zr/c1-13(2)16-11-15-9-6-10-17(18(15)12-16)14-7-4-3-5-8-14;1-11-9-14-13(12-5-3-2-4-6-12)7-8-16(15(14)10-11)17(18,19)20;1-3-2;;;/h3-13H,1-2H3;2-10H,1H3;1-2H3;2*1H;/q2*-1;;;;+4/p-2. The van der Waals surface area contributed by atoms with E-state index in [0.717, 1.165) is 26.2 Å². The van der Waals surface area contributed by atoms with E-state index >= 15 is 0 Å². The average molecular weight is 727 g/mol. The van der Waals surface area contributed by atoms with Gasteiger partial charge in [0.2, 0.25) is 0 Å². The average Bonchev–Trinajstić information content (AvgIpc) is 3.62. The van der Waals surface area contributed by atoms with E-state index in [0.29, 0.717) is 11.3 Å². The van der Waals surface area contributed by atoms with Crippen LogP contribution in [-0.4, -0.2) is 9.52 Å². The molecular weight excluding hydrogens is 692 g/mol. The summed E-state index contributed by atoms with van der Waals surface area (Å²) in [7, 11) is 11.0. The van der Waals surface area contributed by atoms with Crippen molar-refractivity contribution in [2.24, 2.45) is 0 Å². The first kappa shape index (κ1) is 36.0. The van der Waals surface area contributed by atoms with Crippen molar-refractivity contribution in [3.8, 4) is 22.3 Å². The van der Waals surface area contributed by atoms with Crippen molar-refractivity contribution in [2.75, 3.05) is 0 Å². The number of aryl methyl sites for hydroxylation is 1. The molecule has 6 aromatic rings. The summed E-state index contributed by atoms with van der Waals surface area (Å²) < 4.78 is 39.2. The molecule has 6 rings (SSSR count). The van der Waals surface area contributed by atoms with E-state index < -0.39 is 32.6 Å². The Morgan fingerprint density at radius 1 is 0.705 bits per heavy atom. The Morgan fingerprint density at radius 3 is 1.73 bits per heavy atom. The van der Waals surface area contributed by atoms with Crippen molar-refractivity contribution in [3.63, 3.8) is 0 Å². The van der Waals surface area contributed by atoms with Gasteiger partial charge in [0.05, 0.1) is 0 Å². The van der Waals surface area contributed by atoms with Crippen molar-refractivity contribution in [1.29, 1.82) is 0 Å². The molecule has 0 N–H and O–H groups in total. The van der Waals surface area contributed by atoms with Gasteiger partial charge in [0.1, 0.15) is 0 Å². The van der Waals surface area contributed by atoms with E-state index in [9.17, 15) is 13.2 Å². The third-order valence-corrected chi connectivity index (χ3v) is 6.95. The number of halogens is 5. The fraction of sp³-hybridized carbons (Fsp3) is 0.189. The Kier molecular flexibility index (Phi) is 14.2. The topological polar surface area (TPSA) is 0 Å². The van der Waals surface area contributed by atoms with Gasteiger partial charge in [-0.15, -0.1) is 56.9 Å². The number of benzene rings is 4. The monoisotopic (exact) mass is 724 g/mol. The first-order valence-electron chi connectivity index (χ1n) is 14.2. The van der Waals surface area contributed by atoms with Crippen LogP contribution in [-0.2, 0) is 27.0 Å². The second-order valence-electron chi connectivity index (χ2n) is 10.6. The number of rotatable bonds is 3. The zero-order valence-corrected chi connectivity index (χ0v) is 30.4. The molecular formula is C37H35Cl2F3SiZr. The van der Waals surface area contributed by atoms with Crippen LogP contribution >= 0.6 is 17.0 Å². The molecule has 0 heterocycles. The first-order valence-corrected chi connectivity index (χ1v) is 22.5. The molecule has 0 saturated carbocycles. The van der Waals surface area contributed by atoms with Crippen LogP contribution in [0.5, 0.6) is 0 Å². The predicted octanol–water partition coefficient (Wildman–Crippen LogP) is 13.1. The Morgan fingerprint density at radius 2 is 1.23 bits per heavy atom. The van der Waals surface area contributed by atoms with Gasteiger partial charge in [-0.2, -0.15) is 25.3 Å². The number of hydrogen-bond acceptors (Lipinski definition) is 0. The van der Waals surface area contributed by atoms with Gasteiger partial charge >= 0.3 is 44.1 Å². The van der Waals surface area contributed by atoms with Crippen molar-refractivity contribution in [3.05, 3.63) is 132 Å². The van der Waals surface area contributed by atoms with Crippen LogP contribution in [0.4, 0.5) is 13.2 Å². The number of alkyl halides is 3.